The molecular formula is C24H22N2O3. The van der Waals surface area contributed by atoms with Crippen molar-refractivity contribution in [3.63, 3.8) is 0 Å². The zero-order chi connectivity index (χ0) is 20.2. The van der Waals surface area contributed by atoms with E-state index in [-0.39, 0.29) is 18.4 Å². The summed E-state index contributed by atoms with van der Waals surface area (Å²) in [7, 11) is 0. The van der Waals surface area contributed by atoms with E-state index in [0.717, 1.165) is 28.8 Å². The summed E-state index contributed by atoms with van der Waals surface area (Å²) >= 11 is 0. The van der Waals surface area contributed by atoms with Crippen molar-refractivity contribution in [2.75, 3.05) is 11.9 Å². The van der Waals surface area contributed by atoms with Gasteiger partial charge in [0.15, 0.2) is 0 Å². The fourth-order valence-electron chi connectivity index (χ4n) is 3.61. The maximum atomic E-state index is 13.1. The van der Waals surface area contributed by atoms with Gasteiger partial charge in [-0.2, -0.15) is 0 Å². The van der Waals surface area contributed by atoms with E-state index in [0.29, 0.717) is 11.5 Å². The zero-order valence-corrected chi connectivity index (χ0v) is 16.1. The molecule has 2 N–H and O–H groups in total. The third-order valence-corrected chi connectivity index (χ3v) is 5.04. The molecular weight excluding hydrogens is 364 g/mol. The first kappa shape index (κ1) is 18.7. The maximum absolute atomic E-state index is 13.1. The van der Waals surface area contributed by atoms with Gasteiger partial charge in [0.25, 0.3) is 0 Å². The summed E-state index contributed by atoms with van der Waals surface area (Å²) in [4.78, 5) is 25.5. The predicted octanol–water partition coefficient (Wildman–Crippen LogP) is 4.24. The highest BCUT2D eigenvalue weighted by Crippen LogP contribution is 2.43. The number of para-hydroxylation sites is 3. The molecule has 0 saturated carbocycles. The molecule has 5 heteroatoms. The molecule has 3 aromatic rings. The average Bonchev–Trinajstić information content (AvgIpc) is 2.76. The molecule has 1 heterocycles. The minimum Gasteiger partial charge on any atom is -0.457 e. The quantitative estimate of drug-likeness (QED) is 0.689. The van der Waals surface area contributed by atoms with Crippen LogP contribution in [0.4, 0.5) is 5.69 Å². The van der Waals surface area contributed by atoms with E-state index in [4.69, 9.17) is 4.74 Å². The van der Waals surface area contributed by atoms with E-state index < -0.39 is 5.92 Å². The van der Waals surface area contributed by atoms with Crippen LogP contribution in [0.2, 0.25) is 0 Å². The number of fused-ring (bicyclic) bond motifs is 2. The van der Waals surface area contributed by atoms with Crippen LogP contribution in [0.1, 0.15) is 29.5 Å². The number of amides is 2. The Morgan fingerprint density at radius 2 is 1.45 bits per heavy atom. The normalized spacial score (nSPS) is 12.3. The van der Waals surface area contributed by atoms with Crippen LogP contribution in [-0.2, 0) is 16.0 Å². The van der Waals surface area contributed by atoms with Gasteiger partial charge in [-0.15, -0.1) is 0 Å². The summed E-state index contributed by atoms with van der Waals surface area (Å²) in [6, 6.07) is 22.6. The molecule has 5 nitrogen and oxygen atoms in total. The van der Waals surface area contributed by atoms with Crippen LogP contribution in [0.25, 0.3) is 0 Å². The van der Waals surface area contributed by atoms with Crippen LogP contribution < -0.4 is 15.4 Å². The van der Waals surface area contributed by atoms with Gasteiger partial charge in [0.2, 0.25) is 11.8 Å². The fourth-order valence-corrected chi connectivity index (χ4v) is 3.61. The first-order chi connectivity index (χ1) is 14.2. The number of nitrogens with one attached hydrogen (secondary N) is 2. The number of benzene rings is 3. The highest BCUT2D eigenvalue weighted by molar-refractivity contribution is 5.97. The number of carbonyl (C=O) groups excluding carboxylic acids is 2. The van der Waals surface area contributed by atoms with Crippen molar-refractivity contribution in [3.8, 4) is 11.5 Å². The molecule has 3 aromatic carbocycles. The lowest BCUT2D eigenvalue weighted by Gasteiger charge is -2.27. The second-order valence-corrected chi connectivity index (χ2v) is 6.89. The van der Waals surface area contributed by atoms with Crippen LogP contribution in [0.15, 0.2) is 72.8 Å². The third kappa shape index (κ3) is 3.85. The number of rotatable bonds is 5. The maximum Gasteiger partial charge on any atom is 0.243 e. The highest BCUT2D eigenvalue weighted by Gasteiger charge is 2.32. The van der Waals surface area contributed by atoms with Gasteiger partial charge in [-0.05, 0) is 30.2 Å². The van der Waals surface area contributed by atoms with Crippen LogP contribution in [0, 0.1) is 0 Å². The predicted molar refractivity (Wildman–Crippen MR) is 112 cm³/mol. The molecule has 0 radical (unpaired) electrons. The number of hydrogen-bond acceptors (Lipinski definition) is 3. The molecule has 0 spiro atoms. The molecule has 29 heavy (non-hydrogen) atoms. The van der Waals surface area contributed by atoms with Gasteiger partial charge < -0.3 is 15.4 Å². The summed E-state index contributed by atoms with van der Waals surface area (Å²) in [5.74, 6) is 0.312. The van der Waals surface area contributed by atoms with Gasteiger partial charge >= 0.3 is 0 Å². The summed E-state index contributed by atoms with van der Waals surface area (Å²) < 4.78 is 5.93. The first-order valence-electron chi connectivity index (χ1n) is 9.68. The second kappa shape index (κ2) is 8.19. The Labute approximate surface area is 169 Å². The Morgan fingerprint density at radius 1 is 0.862 bits per heavy atom. The van der Waals surface area contributed by atoms with Crippen molar-refractivity contribution < 1.29 is 14.3 Å². The van der Waals surface area contributed by atoms with Crippen LogP contribution in [0.5, 0.6) is 11.5 Å². The topological polar surface area (TPSA) is 67.4 Å². The molecule has 0 aliphatic carbocycles. The lowest BCUT2D eigenvalue weighted by Crippen LogP contribution is -2.37. The van der Waals surface area contributed by atoms with Crippen molar-refractivity contribution >= 4 is 17.5 Å². The van der Waals surface area contributed by atoms with Crippen molar-refractivity contribution in [2.45, 2.75) is 19.3 Å². The number of aryl methyl sites for hydroxylation is 1. The molecule has 0 atom stereocenters. The third-order valence-electron chi connectivity index (χ3n) is 5.04. The standard InChI is InChI=1S/C24H22N2O3/c1-2-16-9-3-6-12-19(16)26-22(27)15-25-24(28)23-17-10-4-7-13-20(17)29-21-14-8-5-11-18(21)23/h3-14,23H,2,15H2,1H3,(H,25,28)(H,26,27). The van der Waals surface area contributed by atoms with E-state index in [9.17, 15) is 9.59 Å². The smallest absolute Gasteiger partial charge is 0.243 e. The number of anilines is 1. The summed E-state index contributed by atoms with van der Waals surface area (Å²) in [6.07, 6.45) is 0.818. The minimum absolute atomic E-state index is 0.0986. The molecule has 1 aliphatic rings. The molecule has 1 aliphatic heterocycles. The van der Waals surface area contributed by atoms with E-state index in [1.54, 1.807) is 0 Å². The van der Waals surface area contributed by atoms with E-state index in [1.165, 1.54) is 0 Å². The molecule has 0 unspecified atom stereocenters. The average molecular weight is 386 g/mol. The van der Waals surface area contributed by atoms with Crippen molar-refractivity contribution in [1.82, 2.24) is 5.32 Å². The van der Waals surface area contributed by atoms with Crippen molar-refractivity contribution in [3.05, 3.63) is 89.5 Å². The second-order valence-electron chi connectivity index (χ2n) is 6.89. The largest absolute Gasteiger partial charge is 0.457 e. The SMILES string of the molecule is CCc1ccccc1NC(=O)CNC(=O)C1c2ccccc2Oc2ccccc21. The van der Waals surface area contributed by atoms with Gasteiger partial charge in [0, 0.05) is 16.8 Å². The summed E-state index contributed by atoms with van der Waals surface area (Å²) in [5.41, 5.74) is 3.41. The lowest BCUT2D eigenvalue weighted by atomic mass is 9.87. The van der Waals surface area contributed by atoms with E-state index in [2.05, 4.69) is 10.6 Å². The zero-order valence-electron chi connectivity index (χ0n) is 16.1. The van der Waals surface area contributed by atoms with Gasteiger partial charge in [0.1, 0.15) is 11.5 Å². The Balaban J connectivity index is 1.50. The summed E-state index contributed by atoms with van der Waals surface area (Å²) in [6.45, 7) is 1.94. The van der Waals surface area contributed by atoms with Crippen LogP contribution in [-0.4, -0.2) is 18.4 Å². The van der Waals surface area contributed by atoms with Gasteiger partial charge in [0.05, 0.1) is 12.5 Å². The monoisotopic (exact) mass is 386 g/mol. The Hall–Kier alpha value is -3.60. The van der Waals surface area contributed by atoms with Crippen LogP contribution >= 0.6 is 0 Å². The molecule has 0 aromatic heterocycles. The Morgan fingerprint density at radius 3 is 2.10 bits per heavy atom. The van der Waals surface area contributed by atoms with Gasteiger partial charge in [-0.25, -0.2) is 0 Å². The lowest BCUT2D eigenvalue weighted by molar-refractivity contribution is -0.124. The van der Waals surface area contributed by atoms with Gasteiger partial charge in [-0.1, -0.05) is 61.5 Å². The molecule has 0 bridgehead atoms. The van der Waals surface area contributed by atoms with Crippen molar-refractivity contribution in [2.24, 2.45) is 0 Å². The fraction of sp³-hybridized carbons (Fsp3) is 0.167. The van der Waals surface area contributed by atoms with Crippen molar-refractivity contribution in [1.29, 1.82) is 0 Å². The van der Waals surface area contributed by atoms with Gasteiger partial charge in [-0.3, -0.25) is 9.59 Å². The van der Waals surface area contributed by atoms with Crippen LogP contribution in [0.3, 0.4) is 0 Å². The molecule has 0 fully saturated rings. The number of carbonyl (C=O) groups is 2. The van der Waals surface area contributed by atoms with E-state index in [1.807, 2.05) is 79.7 Å². The first-order valence-corrected chi connectivity index (χ1v) is 9.68. The Kier molecular flexibility index (Phi) is 5.29. The van der Waals surface area contributed by atoms with E-state index >= 15 is 0 Å². The molecule has 0 saturated heterocycles. The molecule has 4 rings (SSSR count). The number of ether oxygens (including phenoxy) is 1. The molecule has 2 amide bonds. The number of hydrogen-bond donors (Lipinski definition) is 2. The summed E-state index contributed by atoms with van der Waals surface area (Å²) in [5, 5.41) is 5.66. The highest BCUT2D eigenvalue weighted by atomic mass is 16.5. The minimum atomic E-state index is -0.521. The molecule has 146 valence electrons. The Bertz CT molecular complexity index is 1020.